The van der Waals surface area contributed by atoms with Gasteiger partial charge in [0.2, 0.25) is 0 Å². The molecule has 1 rings (SSSR count). The van der Waals surface area contributed by atoms with Crippen LogP contribution in [0.15, 0.2) is 30.0 Å². The number of carbonyl (C=O) groups excluding carboxylic acids is 1. The molecule has 0 unspecified atom stereocenters. The summed E-state index contributed by atoms with van der Waals surface area (Å²) in [6, 6.07) is 4.71. The molecule has 0 aliphatic heterocycles. The van der Waals surface area contributed by atoms with Crippen LogP contribution in [0, 0.1) is 12.3 Å². The normalized spacial score (nSPS) is 10.9. The number of nitrogens with one attached hydrogen (secondary N) is 3. The summed E-state index contributed by atoms with van der Waals surface area (Å²) < 4.78 is 0. The first-order chi connectivity index (χ1) is 8.43. The van der Waals surface area contributed by atoms with E-state index in [4.69, 9.17) is 5.41 Å². The first-order valence-electron chi connectivity index (χ1n) is 5.49. The molecule has 0 radical (unpaired) electrons. The van der Waals surface area contributed by atoms with Crippen molar-refractivity contribution >= 4 is 17.3 Å². The molecular formula is C13H17N3O2. The fraction of sp³-hybridized carbons (Fsp3) is 0.231. The number of likely N-dealkylation sites (N-methyl/N-ethyl adjacent to an activating group) is 1. The third-order valence-electron chi connectivity index (χ3n) is 2.33. The third-order valence-corrected chi connectivity index (χ3v) is 2.33. The smallest absolute Gasteiger partial charge is 0.271 e. The molecule has 5 nitrogen and oxygen atoms in total. The zero-order valence-corrected chi connectivity index (χ0v) is 10.7. The van der Waals surface area contributed by atoms with Crippen molar-refractivity contribution in [2.24, 2.45) is 0 Å². The fourth-order valence-corrected chi connectivity index (χ4v) is 1.45. The van der Waals surface area contributed by atoms with Crippen molar-refractivity contribution in [3.63, 3.8) is 0 Å². The molecule has 4 N–H and O–H groups in total. The second-order valence-electron chi connectivity index (χ2n) is 3.94. The lowest BCUT2D eigenvalue weighted by Gasteiger charge is -2.10. The number of amides is 1. The number of aryl methyl sites for hydroxylation is 1. The first-order valence-corrected chi connectivity index (χ1v) is 5.49. The molecule has 1 aromatic carbocycles. The van der Waals surface area contributed by atoms with E-state index >= 15 is 0 Å². The molecule has 18 heavy (non-hydrogen) atoms. The summed E-state index contributed by atoms with van der Waals surface area (Å²) in [5.74, 6) is -0.164. The molecule has 0 spiro atoms. The largest absolute Gasteiger partial charge is 0.508 e. The molecule has 0 aliphatic carbocycles. The Bertz CT molecular complexity index is 507. The van der Waals surface area contributed by atoms with Gasteiger partial charge in [-0.15, -0.1) is 0 Å². The molecule has 0 aromatic heterocycles. The lowest BCUT2D eigenvalue weighted by molar-refractivity contribution is -0.113. The summed E-state index contributed by atoms with van der Waals surface area (Å²) in [7, 11) is 1.62. The Morgan fingerprint density at radius 3 is 2.61 bits per heavy atom. The lowest BCUT2D eigenvalue weighted by Crippen LogP contribution is -2.24. The quantitative estimate of drug-likeness (QED) is 0.372. The number of phenolic OH excluding ortho intramolecular Hbond substituents is 1. The van der Waals surface area contributed by atoms with Gasteiger partial charge in [0, 0.05) is 18.4 Å². The van der Waals surface area contributed by atoms with Gasteiger partial charge in [-0.05, 0) is 43.7 Å². The highest BCUT2D eigenvalue weighted by Crippen LogP contribution is 2.20. The molecule has 96 valence electrons. The second kappa shape index (κ2) is 5.86. The number of rotatable bonds is 4. The van der Waals surface area contributed by atoms with Gasteiger partial charge >= 0.3 is 0 Å². The zero-order valence-electron chi connectivity index (χ0n) is 10.7. The zero-order chi connectivity index (χ0) is 13.7. The molecule has 0 heterocycles. The van der Waals surface area contributed by atoms with Crippen LogP contribution in [0.2, 0.25) is 0 Å². The number of anilines is 1. The average molecular weight is 247 g/mol. The molecule has 0 saturated heterocycles. The van der Waals surface area contributed by atoms with Gasteiger partial charge in [-0.2, -0.15) is 0 Å². The van der Waals surface area contributed by atoms with Crippen molar-refractivity contribution in [3.8, 4) is 5.75 Å². The van der Waals surface area contributed by atoms with Crippen LogP contribution >= 0.6 is 0 Å². The van der Waals surface area contributed by atoms with Crippen molar-refractivity contribution < 1.29 is 9.90 Å². The molecule has 0 atom stereocenters. The molecule has 1 amide bonds. The average Bonchev–Trinajstić information content (AvgIpc) is 2.29. The molecule has 1 aromatic rings. The molecular weight excluding hydrogens is 230 g/mol. The minimum atomic E-state index is -0.321. The van der Waals surface area contributed by atoms with Crippen LogP contribution in [-0.2, 0) is 4.79 Å². The standard InChI is InChI=1S/C13H17N3O2/c1-8-6-10(17)4-5-11(8)16-13(18)12(15-3)7-9(2)14/h4-7,14-15,17H,1-3H3,(H,16,18)/b12-7-,14-9?. The number of benzene rings is 1. The number of hydrogen-bond donors (Lipinski definition) is 4. The van der Waals surface area contributed by atoms with E-state index < -0.39 is 0 Å². The van der Waals surface area contributed by atoms with Crippen molar-refractivity contribution in [3.05, 3.63) is 35.5 Å². The van der Waals surface area contributed by atoms with Gasteiger partial charge in [-0.25, -0.2) is 0 Å². The van der Waals surface area contributed by atoms with E-state index in [9.17, 15) is 9.90 Å². The Morgan fingerprint density at radius 1 is 1.44 bits per heavy atom. The number of phenols is 1. The highest BCUT2D eigenvalue weighted by molar-refractivity contribution is 6.07. The Labute approximate surface area is 106 Å². The molecule has 0 saturated carbocycles. The molecule has 0 fully saturated rings. The van der Waals surface area contributed by atoms with Gasteiger partial charge in [-0.3, -0.25) is 4.79 Å². The molecule has 0 aliphatic rings. The monoisotopic (exact) mass is 247 g/mol. The van der Waals surface area contributed by atoms with Crippen LogP contribution < -0.4 is 10.6 Å². The van der Waals surface area contributed by atoms with E-state index in [2.05, 4.69) is 10.6 Å². The van der Waals surface area contributed by atoms with Gasteiger partial charge in [0.05, 0.1) is 0 Å². The summed E-state index contributed by atoms with van der Waals surface area (Å²) in [6.07, 6.45) is 1.45. The van der Waals surface area contributed by atoms with Crippen LogP contribution in [-0.4, -0.2) is 23.8 Å². The first kappa shape index (κ1) is 13.8. The lowest BCUT2D eigenvalue weighted by atomic mass is 10.2. The Kier molecular flexibility index (Phi) is 4.48. The van der Waals surface area contributed by atoms with Crippen LogP contribution in [0.3, 0.4) is 0 Å². The van der Waals surface area contributed by atoms with E-state index in [-0.39, 0.29) is 17.4 Å². The van der Waals surface area contributed by atoms with Gasteiger partial charge in [0.25, 0.3) is 5.91 Å². The van der Waals surface area contributed by atoms with Crippen LogP contribution in [0.1, 0.15) is 12.5 Å². The topological polar surface area (TPSA) is 85.2 Å². The summed E-state index contributed by atoms with van der Waals surface area (Å²) >= 11 is 0. The minimum absolute atomic E-state index is 0.158. The Hall–Kier alpha value is -2.30. The van der Waals surface area contributed by atoms with E-state index in [0.29, 0.717) is 11.4 Å². The van der Waals surface area contributed by atoms with Gasteiger partial charge in [-0.1, -0.05) is 0 Å². The van der Waals surface area contributed by atoms with Crippen molar-refractivity contribution in [2.45, 2.75) is 13.8 Å². The van der Waals surface area contributed by atoms with Gasteiger partial charge in [0.1, 0.15) is 11.4 Å². The predicted molar refractivity (Wildman–Crippen MR) is 72.0 cm³/mol. The van der Waals surface area contributed by atoms with Crippen LogP contribution in [0.4, 0.5) is 5.69 Å². The summed E-state index contributed by atoms with van der Waals surface area (Å²) in [6.45, 7) is 3.39. The van der Waals surface area contributed by atoms with Gasteiger partial charge < -0.3 is 21.1 Å². The maximum absolute atomic E-state index is 11.9. The van der Waals surface area contributed by atoms with E-state index in [1.54, 1.807) is 33.0 Å². The van der Waals surface area contributed by atoms with Crippen LogP contribution in [0.5, 0.6) is 5.75 Å². The Balaban J connectivity index is 2.90. The van der Waals surface area contributed by atoms with E-state index in [1.807, 2.05) is 0 Å². The number of carbonyl (C=O) groups is 1. The highest BCUT2D eigenvalue weighted by atomic mass is 16.3. The molecule has 5 heteroatoms. The predicted octanol–water partition coefficient (Wildman–Crippen LogP) is 1.78. The Morgan fingerprint density at radius 2 is 2.11 bits per heavy atom. The van der Waals surface area contributed by atoms with Gasteiger partial charge in [0.15, 0.2) is 0 Å². The number of aromatic hydroxyl groups is 1. The summed E-state index contributed by atoms with van der Waals surface area (Å²) in [5.41, 5.74) is 2.00. The van der Waals surface area contributed by atoms with Crippen molar-refractivity contribution in [2.75, 3.05) is 12.4 Å². The van der Waals surface area contributed by atoms with E-state index in [1.165, 1.54) is 12.1 Å². The molecule has 0 bridgehead atoms. The number of hydrogen-bond acceptors (Lipinski definition) is 4. The fourth-order valence-electron chi connectivity index (χ4n) is 1.45. The highest BCUT2D eigenvalue weighted by Gasteiger charge is 2.09. The van der Waals surface area contributed by atoms with Crippen molar-refractivity contribution in [1.29, 1.82) is 5.41 Å². The van der Waals surface area contributed by atoms with E-state index in [0.717, 1.165) is 5.56 Å². The maximum atomic E-state index is 11.9. The third kappa shape index (κ3) is 3.62. The second-order valence-corrected chi connectivity index (χ2v) is 3.94. The minimum Gasteiger partial charge on any atom is -0.508 e. The SMILES string of the molecule is CN/C(=C\C(C)=N)C(=O)Nc1ccc(O)cc1C. The summed E-state index contributed by atoms with van der Waals surface area (Å²) in [5, 5.41) is 22.1. The van der Waals surface area contributed by atoms with Crippen LogP contribution in [0.25, 0.3) is 0 Å². The summed E-state index contributed by atoms with van der Waals surface area (Å²) in [4.78, 5) is 11.9. The number of allylic oxidation sites excluding steroid dienone is 1. The maximum Gasteiger partial charge on any atom is 0.271 e. The van der Waals surface area contributed by atoms with Crippen molar-refractivity contribution in [1.82, 2.24) is 5.32 Å².